The molecule has 3 aliphatic rings. The van der Waals surface area contributed by atoms with Gasteiger partial charge in [-0.2, -0.15) is 0 Å². The molecule has 5 atom stereocenters. The summed E-state index contributed by atoms with van der Waals surface area (Å²) in [7, 11) is 0. The summed E-state index contributed by atoms with van der Waals surface area (Å²) in [5.41, 5.74) is 12.6. The van der Waals surface area contributed by atoms with Crippen LogP contribution in [0.3, 0.4) is 0 Å². The lowest BCUT2D eigenvalue weighted by Crippen LogP contribution is -2.34. The van der Waals surface area contributed by atoms with Crippen LogP contribution in [0.2, 0.25) is 0 Å². The molecule has 9 nitrogen and oxygen atoms in total. The first-order chi connectivity index (χ1) is 11.5. The van der Waals surface area contributed by atoms with Gasteiger partial charge in [0.05, 0.1) is 6.33 Å². The first-order valence-corrected chi connectivity index (χ1v) is 8.12. The van der Waals surface area contributed by atoms with Crippen molar-refractivity contribution in [3.05, 3.63) is 12.7 Å². The number of hydrogen-bond acceptors (Lipinski definition) is 8. The highest BCUT2D eigenvalue weighted by Gasteiger charge is 2.73. The number of rotatable bonds is 2. The predicted molar refractivity (Wildman–Crippen MR) is 83.6 cm³/mol. The molecule has 0 bridgehead atoms. The lowest BCUT2D eigenvalue weighted by molar-refractivity contribution is -0.203. The van der Waals surface area contributed by atoms with Crippen molar-refractivity contribution < 1.29 is 14.2 Å². The van der Waals surface area contributed by atoms with Gasteiger partial charge in [0, 0.05) is 5.92 Å². The van der Waals surface area contributed by atoms with Crippen LogP contribution in [0.25, 0.3) is 11.2 Å². The molecule has 4 N–H and O–H groups in total. The summed E-state index contributed by atoms with van der Waals surface area (Å²) < 4.78 is 20.6. The van der Waals surface area contributed by atoms with E-state index in [1.54, 1.807) is 6.33 Å². The standard InChI is InChI=1S/C15H20N6O3/c1-14(2)22-9-10(23-14)15(3-7(15)4-16)24-13(9)21-6-20-8-11(17)18-5-19-12(8)21/h5-7,9-10,13H,3-4,16H2,1-2H3,(H2,17,18,19)/t7?,9-,10?,13+,15+/m0/s1. The summed E-state index contributed by atoms with van der Waals surface area (Å²) in [5.74, 6) is -0.0311. The van der Waals surface area contributed by atoms with Gasteiger partial charge in [-0.1, -0.05) is 0 Å². The second kappa shape index (κ2) is 4.42. The summed E-state index contributed by atoms with van der Waals surface area (Å²) >= 11 is 0. The molecule has 128 valence electrons. The third-order valence-corrected chi connectivity index (χ3v) is 5.27. The zero-order valence-corrected chi connectivity index (χ0v) is 13.5. The Morgan fingerprint density at radius 1 is 1.25 bits per heavy atom. The second-order valence-corrected chi connectivity index (χ2v) is 7.20. The van der Waals surface area contributed by atoms with E-state index < -0.39 is 5.79 Å². The van der Waals surface area contributed by atoms with Gasteiger partial charge in [0.2, 0.25) is 0 Å². The SMILES string of the molecule is CC1(C)OC2[C@H](O1)[C@H](n1cnc3c(N)ncnc31)O[C@@]21CC1CN. The topological polar surface area (TPSA) is 123 Å². The van der Waals surface area contributed by atoms with Crippen LogP contribution >= 0.6 is 0 Å². The maximum Gasteiger partial charge on any atom is 0.167 e. The Morgan fingerprint density at radius 3 is 2.83 bits per heavy atom. The van der Waals surface area contributed by atoms with Gasteiger partial charge in [0.15, 0.2) is 23.5 Å². The van der Waals surface area contributed by atoms with Crippen LogP contribution in [0.15, 0.2) is 12.7 Å². The Bertz CT molecular complexity index is 823. The van der Waals surface area contributed by atoms with E-state index in [1.165, 1.54) is 6.33 Å². The summed E-state index contributed by atoms with van der Waals surface area (Å²) in [6.07, 6.45) is 3.20. The maximum absolute atomic E-state index is 6.41. The number of fused-ring (bicyclic) bond motifs is 3. The fourth-order valence-corrected chi connectivity index (χ4v) is 4.11. The van der Waals surface area contributed by atoms with Crippen molar-refractivity contribution in [1.29, 1.82) is 0 Å². The van der Waals surface area contributed by atoms with Crippen LogP contribution < -0.4 is 11.5 Å². The third kappa shape index (κ3) is 1.75. The van der Waals surface area contributed by atoms with Crippen LogP contribution in [-0.4, -0.2) is 49.7 Å². The number of anilines is 1. The summed E-state index contributed by atoms with van der Waals surface area (Å²) in [5, 5.41) is 0. The number of nitrogens with zero attached hydrogens (tertiary/aromatic N) is 4. The third-order valence-electron chi connectivity index (χ3n) is 5.27. The van der Waals surface area contributed by atoms with Crippen molar-refractivity contribution in [2.45, 2.75) is 50.1 Å². The highest BCUT2D eigenvalue weighted by Crippen LogP contribution is 2.61. The molecule has 0 amide bonds. The maximum atomic E-state index is 6.41. The Balaban J connectivity index is 1.59. The van der Waals surface area contributed by atoms with Crippen molar-refractivity contribution in [1.82, 2.24) is 19.5 Å². The predicted octanol–water partition coefficient (Wildman–Crippen LogP) is 0.175. The van der Waals surface area contributed by atoms with Crippen LogP contribution in [0.4, 0.5) is 5.82 Å². The minimum atomic E-state index is -0.656. The van der Waals surface area contributed by atoms with Crippen LogP contribution in [0, 0.1) is 5.92 Å². The van der Waals surface area contributed by atoms with E-state index in [-0.39, 0.29) is 30.0 Å². The first kappa shape index (κ1) is 14.5. The molecule has 5 rings (SSSR count). The number of ether oxygens (including phenoxy) is 3. The molecule has 1 spiro atoms. The number of aromatic nitrogens is 4. The highest BCUT2D eigenvalue weighted by atomic mass is 16.8. The zero-order valence-electron chi connectivity index (χ0n) is 13.5. The molecule has 0 aromatic carbocycles. The fourth-order valence-electron chi connectivity index (χ4n) is 4.11. The summed E-state index contributed by atoms with van der Waals surface area (Å²) in [4.78, 5) is 12.6. The lowest BCUT2D eigenvalue weighted by atomic mass is 10.1. The van der Waals surface area contributed by atoms with Crippen LogP contribution in [0.1, 0.15) is 26.5 Å². The quantitative estimate of drug-likeness (QED) is 0.798. The van der Waals surface area contributed by atoms with Gasteiger partial charge in [0.25, 0.3) is 0 Å². The normalized spacial score (nSPS) is 39.6. The molecular formula is C15H20N6O3. The average molecular weight is 332 g/mol. The Morgan fingerprint density at radius 2 is 2.08 bits per heavy atom. The van der Waals surface area contributed by atoms with E-state index in [9.17, 15) is 0 Å². The molecule has 0 radical (unpaired) electrons. The van der Waals surface area contributed by atoms with Gasteiger partial charge < -0.3 is 25.7 Å². The van der Waals surface area contributed by atoms with Crippen molar-refractivity contribution in [3.63, 3.8) is 0 Å². The minimum absolute atomic E-state index is 0.150. The van der Waals surface area contributed by atoms with Gasteiger partial charge in [0.1, 0.15) is 29.7 Å². The Labute approximate surface area is 138 Å². The number of imidazole rings is 1. The molecular weight excluding hydrogens is 312 g/mol. The van der Waals surface area contributed by atoms with Gasteiger partial charge in [-0.3, -0.25) is 4.57 Å². The molecule has 24 heavy (non-hydrogen) atoms. The van der Waals surface area contributed by atoms with E-state index in [4.69, 9.17) is 25.7 Å². The van der Waals surface area contributed by atoms with Gasteiger partial charge >= 0.3 is 0 Å². The smallest absolute Gasteiger partial charge is 0.167 e. The van der Waals surface area contributed by atoms with Crippen LogP contribution in [-0.2, 0) is 14.2 Å². The molecule has 1 saturated carbocycles. The molecule has 2 unspecified atom stereocenters. The average Bonchev–Trinajstić information content (AvgIpc) is 2.78. The number of nitrogen functional groups attached to an aromatic ring is 1. The van der Waals surface area contributed by atoms with Crippen LogP contribution in [0.5, 0.6) is 0 Å². The Hall–Kier alpha value is -1.81. The van der Waals surface area contributed by atoms with Gasteiger partial charge in [-0.25, -0.2) is 15.0 Å². The van der Waals surface area contributed by atoms with E-state index in [0.29, 0.717) is 23.5 Å². The van der Waals surface area contributed by atoms with Gasteiger partial charge in [-0.05, 0) is 26.8 Å². The highest BCUT2D eigenvalue weighted by molar-refractivity contribution is 5.81. The molecule has 2 aliphatic heterocycles. The van der Waals surface area contributed by atoms with Crippen molar-refractivity contribution in [2.75, 3.05) is 12.3 Å². The summed E-state index contributed by atoms with van der Waals surface area (Å²) in [6, 6.07) is 0. The van der Waals surface area contributed by atoms with Crippen molar-refractivity contribution in [2.24, 2.45) is 11.7 Å². The van der Waals surface area contributed by atoms with Crippen molar-refractivity contribution in [3.8, 4) is 0 Å². The Kier molecular flexibility index (Phi) is 2.68. The van der Waals surface area contributed by atoms with Crippen molar-refractivity contribution >= 4 is 17.0 Å². The molecule has 2 saturated heterocycles. The number of nitrogens with two attached hydrogens (primary N) is 2. The lowest BCUT2D eigenvalue weighted by Gasteiger charge is -2.25. The van der Waals surface area contributed by atoms with E-state index in [0.717, 1.165) is 6.42 Å². The van der Waals surface area contributed by atoms with E-state index in [1.807, 2.05) is 18.4 Å². The monoisotopic (exact) mass is 332 g/mol. The zero-order chi connectivity index (χ0) is 16.7. The summed E-state index contributed by atoms with van der Waals surface area (Å²) in [6.45, 7) is 4.41. The molecule has 1 aliphatic carbocycles. The minimum Gasteiger partial charge on any atom is -0.382 e. The molecule has 3 fully saturated rings. The molecule has 9 heteroatoms. The second-order valence-electron chi connectivity index (χ2n) is 7.20. The first-order valence-electron chi connectivity index (χ1n) is 8.12. The molecule has 4 heterocycles. The van der Waals surface area contributed by atoms with E-state index in [2.05, 4.69) is 15.0 Å². The van der Waals surface area contributed by atoms with E-state index >= 15 is 0 Å². The molecule has 2 aromatic rings. The molecule has 2 aromatic heterocycles. The fraction of sp³-hybridized carbons (Fsp3) is 0.667. The van der Waals surface area contributed by atoms with Gasteiger partial charge in [-0.15, -0.1) is 0 Å². The largest absolute Gasteiger partial charge is 0.382 e. The number of hydrogen-bond donors (Lipinski definition) is 2.